The largest absolute Gasteiger partial charge is 0.497 e. The van der Waals surface area contributed by atoms with Gasteiger partial charge in [0.05, 0.1) is 18.5 Å². The summed E-state index contributed by atoms with van der Waals surface area (Å²) in [5.41, 5.74) is 6.31. The molecule has 2 N–H and O–H groups in total. The predicted molar refractivity (Wildman–Crippen MR) is 179 cm³/mol. The molecule has 1 heterocycles. The van der Waals surface area contributed by atoms with E-state index in [1.54, 1.807) is 16.7 Å². The van der Waals surface area contributed by atoms with Gasteiger partial charge in [0.25, 0.3) is 0 Å². The lowest BCUT2D eigenvalue weighted by Gasteiger charge is -2.26. The first-order valence-electron chi connectivity index (χ1n) is 15.4. The summed E-state index contributed by atoms with van der Waals surface area (Å²) in [4.78, 5) is 29.2. The Morgan fingerprint density at radius 1 is 0.886 bits per heavy atom. The maximum atomic E-state index is 13.8. The number of unbranched alkanes of at least 4 members (excludes halogenated alkanes) is 1. The van der Waals surface area contributed by atoms with Crippen molar-refractivity contribution >= 4 is 23.4 Å². The number of para-hydroxylation sites is 1. The third-order valence-corrected chi connectivity index (χ3v) is 7.71. The number of hydrogen-bond acceptors (Lipinski definition) is 4. The molecule has 1 aromatic heterocycles. The van der Waals surface area contributed by atoms with Crippen LogP contribution in [0.3, 0.4) is 0 Å². The van der Waals surface area contributed by atoms with Crippen molar-refractivity contribution in [1.29, 1.82) is 0 Å². The summed E-state index contributed by atoms with van der Waals surface area (Å²) < 4.78 is 7.07. The quantitative estimate of drug-likeness (QED) is 0.172. The summed E-state index contributed by atoms with van der Waals surface area (Å²) >= 11 is 0. The second-order valence-corrected chi connectivity index (χ2v) is 11.7. The lowest BCUT2D eigenvalue weighted by molar-refractivity contribution is -0.116. The van der Waals surface area contributed by atoms with Crippen molar-refractivity contribution in [1.82, 2.24) is 14.7 Å². The van der Waals surface area contributed by atoms with Crippen molar-refractivity contribution in [2.75, 3.05) is 30.8 Å². The molecular weight excluding hydrogens is 550 g/mol. The van der Waals surface area contributed by atoms with Crippen LogP contribution >= 0.6 is 0 Å². The maximum Gasteiger partial charge on any atom is 0.322 e. The zero-order chi connectivity index (χ0) is 31.8. The molecule has 3 amide bonds. The van der Waals surface area contributed by atoms with Gasteiger partial charge in [-0.05, 0) is 66.1 Å². The summed E-state index contributed by atoms with van der Waals surface area (Å²) in [5.74, 6) is 1.43. The minimum absolute atomic E-state index is 0.103. The smallest absolute Gasteiger partial charge is 0.322 e. The fourth-order valence-electron chi connectivity index (χ4n) is 5.33. The van der Waals surface area contributed by atoms with Gasteiger partial charge in [0.15, 0.2) is 0 Å². The molecule has 8 nitrogen and oxygen atoms in total. The normalized spacial score (nSPS) is 11.1. The Kier molecular flexibility index (Phi) is 10.8. The Morgan fingerprint density at radius 2 is 1.52 bits per heavy atom. The molecule has 0 bridgehead atoms. The van der Waals surface area contributed by atoms with Crippen LogP contribution in [0, 0.1) is 6.92 Å². The minimum Gasteiger partial charge on any atom is -0.497 e. The first kappa shape index (κ1) is 32.3. The molecular formula is C36H45N5O3. The molecule has 44 heavy (non-hydrogen) atoms. The van der Waals surface area contributed by atoms with Crippen molar-refractivity contribution in [2.24, 2.45) is 0 Å². The molecule has 4 rings (SSSR count). The van der Waals surface area contributed by atoms with E-state index in [9.17, 15) is 9.59 Å². The Balaban J connectivity index is 1.66. The number of aryl methyl sites for hydroxylation is 1. The number of carbonyl (C=O) groups excluding carboxylic acids is 2. The monoisotopic (exact) mass is 595 g/mol. The Hall–Kier alpha value is -4.59. The second-order valence-electron chi connectivity index (χ2n) is 11.7. The van der Waals surface area contributed by atoms with Gasteiger partial charge in [0, 0.05) is 17.8 Å². The fourth-order valence-corrected chi connectivity index (χ4v) is 5.33. The molecule has 0 saturated carbocycles. The van der Waals surface area contributed by atoms with E-state index in [2.05, 4.69) is 57.4 Å². The summed E-state index contributed by atoms with van der Waals surface area (Å²) in [7, 11) is 1.62. The number of anilines is 2. The number of nitrogens with zero attached hydrogens (tertiary/aromatic N) is 3. The van der Waals surface area contributed by atoms with Crippen LogP contribution in [0.2, 0.25) is 0 Å². The van der Waals surface area contributed by atoms with Crippen LogP contribution in [-0.4, -0.2) is 46.8 Å². The molecule has 4 aromatic rings. The van der Waals surface area contributed by atoms with E-state index in [-0.39, 0.29) is 30.3 Å². The van der Waals surface area contributed by atoms with E-state index in [0.29, 0.717) is 12.4 Å². The highest BCUT2D eigenvalue weighted by atomic mass is 16.5. The third-order valence-electron chi connectivity index (χ3n) is 7.71. The third kappa shape index (κ3) is 7.48. The number of ether oxygens (including phenoxy) is 1. The summed E-state index contributed by atoms with van der Waals surface area (Å²) in [6, 6.07) is 23.3. The number of methoxy groups -OCH3 is 1. The van der Waals surface area contributed by atoms with E-state index in [1.165, 1.54) is 0 Å². The number of aromatic nitrogens is 2. The van der Waals surface area contributed by atoms with Crippen LogP contribution in [-0.2, 0) is 4.79 Å². The highest BCUT2D eigenvalue weighted by Gasteiger charge is 2.24. The van der Waals surface area contributed by atoms with Crippen LogP contribution in [0.1, 0.15) is 76.1 Å². The average Bonchev–Trinajstić information content (AvgIpc) is 3.34. The summed E-state index contributed by atoms with van der Waals surface area (Å²) in [5, 5.41) is 11.1. The van der Waals surface area contributed by atoms with Crippen molar-refractivity contribution < 1.29 is 14.3 Å². The number of hydrogen-bond donors (Lipinski definition) is 2. The molecule has 0 aliphatic heterocycles. The van der Waals surface area contributed by atoms with Crippen LogP contribution in [0.4, 0.5) is 16.3 Å². The molecule has 0 aliphatic rings. The van der Waals surface area contributed by atoms with Gasteiger partial charge in [0.2, 0.25) is 5.91 Å². The van der Waals surface area contributed by atoms with Crippen molar-refractivity contribution in [3.63, 3.8) is 0 Å². The number of nitrogens with one attached hydrogen (secondary N) is 2. The van der Waals surface area contributed by atoms with E-state index in [4.69, 9.17) is 9.84 Å². The van der Waals surface area contributed by atoms with E-state index in [0.717, 1.165) is 57.9 Å². The summed E-state index contributed by atoms with van der Waals surface area (Å²) in [6.45, 7) is 12.8. The Morgan fingerprint density at radius 3 is 2.09 bits per heavy atom. The van der Waals surface area contributed by atoms with Crippen LogP contribution in [0.25, 0.3) is 16.8 Å². The number of carbonyl (C=O) groups is 2. The molecule has 8 heteroatoms. The highest BCUT2D eigenvalue weighted by Crippen LogP contribution is 2.35. The second kappa shape index (κ2) is 14.7. The van der Waals surface area contributed by atoms with Crippen molar-refractivity contribution in [3.05, 3.63) is 89.6 Å². The Labute approximate surface area is 261 Å². The molecule has 232 valence electrons. The molecule has 0 aliphatic carbocycles. The molecule has 0 radical (unpaired) electrons. The van der Waals surface area contributed by atoms with Gasteiger partial charge in [-0.25, -0.2) is 9.48 Å². The van der Waals surface area contributed by atoms with Gasteiger partial charge in [-0.2, -0.15) is 5.10 Å². The highest BCUT2D eigenvalue weighted by molar-refractivity contribution is 5.99. The zero-order valence-electron chi connectivity index (χ0n) is 27.0. The van der Waals surface area contributed by atoms with Crippen LogP contribution in [0.5, 0.6) is 5.75 Å². The number of urea groups is 1. The van der Waals surface area contributed by atoms with E-state index >= 15 is 0 Å². The van der Waals surface area contributed by atoms with Crippen LogP contribution in [0.15, 0.2) is 72.8 Å². The lowest BCUT2D eigenvalue weighted by Crippen LogP contribution is -2.41. The first-order chi connectivity index (χ1) is 21.1. The SMILES string of the molecule is CCCCN(CC(=O)Nc1c(-c2ccccc2)c(C)nn1-c1ccc(OC)cc1)C(=O)Nc1c(C(C)C)cccc1C(C)C. The summed E-state index contributed by atoms with van der Waals surface area (Å²) in [6.07, 6.45) is 1.68. The van der Waals surface area contributed by atoms with Crippen LogP contribution < -0.4 is 15.4 Å². The standard InChI is InChI=1S/C36H45N5O3/c1-8-9-22-40(36(43)38-34-30(24(2)3)16-13-17-31(34)25(4)5)23-32(42)37-35-33(27-14-11-10-12-15-27)26(6)39-41(35)28-18-20-29(44-7)21-19-28/h10-21,24-25H,8-9,22-23H2,1-7H3,(H,37,42)(H,38,43). The van der Waals surface area contributed by atoms with Gasteiger partial charge in [0.1, 0.15) is 18.1 Å². The molecule has 3 aromatic carbocycles. The van der Waals surface area contributed by atoms with Gasteiger partial charge in [-0.1, -0.05) is 89.6 Å². The first-order valence-corrected chi connectivity index (χ1v) is 15.4. The number of amides is 3. The van der Waals surface area contributed by atoms with E-state index in [1.807, 2.05) is 67.6 Å². The molecule has 0 spiro atoms. The van der Waals surface area contributed by atoms with Crippen molar-refractivity contribution in [3.8, 4) is 22.6 Å². The number of rotatable bonds is 12. The maximum absolute atomic E-state index is 13.8. The Bertz CT molecular complexity index is 1530. The van der Waals surface area contributed by atoms with Gasteiger partial charge < -0.3 is 20.3 Å². The fraction of sp³-hybridized carbons (Fsp3) is 0.361. The molecule has 0 fully saturated rings. The molecule has 0 atom stereocenters. The predicted octanol–water partition coefficient (Wildman–Crippen LogP) is 8.38. The molecule has 0 saturated heterocycles. The topological polar surface area (TPSA) is 88.5 Å². The van der Waals surface area contributed by atoms with Gasteiger partial charge in [-0.15, -0.1) is 0 Å². The van der Waals surface area contributed by atoms with Gasteiger partial charge >= 0.3 is 6.03 Å². The van der Waals surface area contributed by atoms with E-state index < -0.39 is 0 Å². The van der Waals surface area contributed by atoms with Crippen molar-refractivity contribution in [2.45, 2.75) is 66.2 Å². The average molecular weight is 596 g/mol. The molecule has 0 unspecified atom stereocenters. The van der Waals surface area contributed by atoms with Gasteiger partial charge in [-0.3, -0.25) is 4.79 Å². The minimum atomic E-state index is -0.302. The zero-order valence-corrected chi connectivity index (χ0v) is 27.0. The number of benzene rings is 3. The lowest BCUT2D eigenvalue weighted by atomic mass is 9.93.